The van der Waals surface area contributed by atoms with Crippen molar-refractivity contribution in [1.82, 2.24) is 5.32 Å². The highest BCUT2D eigenvalue weighted by atomic mass is 35.5. The third kappa shape index (κ3) is 5.52. The van der Waals surface area contributed by atoms with Crippen LogP contribution >= 0.6 is 11.6 Å². The Labute approximate surface area is 110 Å². The van der Waals surface area contributed by atoms with Gasteiger partial charge in [-0.1, -0.05) is 17.7 Å². The molecule has 0 spiro atoms. The van der Waals surface area contributed by atoms with Crippen molar-refractivity contribution in [2.45, 2.75) is 13.0 Å². The predicted octanol–water partition coefficient (Wildman–Crippen LogP) is 2.21. The quantitative estimate of drug-likeness (QED) is 0.776. The summed E-state index contributed by atoms with van der Waals surface area (Å²) in [5.74, 6) is 1.44. The highest BCUT2D eigenvalue weighted by Gasteiger charge is 2.01. The van der Waals surface area contributed by atoms with E-state index in [0.717, 1.165) is 30.8 Å². The highest BCUT2D eigenvalue weighted by Crippen LogP contribution is 2.24. The van der Waals surface area contributed by atoms with Gasteiger partial charge < -0.3 is 10.1 Å². The minimum atomic E-state index is -0.699. The number of hydrogen-bond acceptors (Lipinski definition) is 3. The SMILES string of the molecule is COc1ccc(CNCCCS(C)=O)cc1Cl. The van der Waals surface area contributed by atoms with Gasteiger partial charge in [0, 0.05) is 29.4 Å². The number of ether oxygens (including phenoxy) is 1. The van der Waals surface area contributed by atoms with Gasteiger partial charge in [0.1, 0.15) is 5.75 Å². The molecule has 17 heavy (non-hydrogen) atoms. The van der Waals surface area contributed by atoms with Crippen molar-refractivity contribution < 1.29 is 8.95 Å². The minimum Gasteiger partial charge on any atom is -0.495 e. The Balaban J connectivity index is 2.32. The van der Waals surface area contributed by atoms with E-state index in [0.29, 0.717) is 10.8 Å². The summed E-state index contributed by atoms with van der Waals surface area (Å²) >= 11 is 6.02. The van der Waals surface area contributed by atoms with Gasteiger partial charge in [0.05, 0.1) is 12.1 Å². The molecule has 1 aromatic rings. The van der Waals surface area contributed by atoms with E-state index in [4.69, 9.17) is 16.3 Å². The molecule has 5 heteroatoms. The first-order chi connectivity index (χ1) is 8.13. The molecule has 1 N–H and O–H groups in total. The second-order valence-electron chi connectivity index (χ2n) is 3.78. The van der Waals surface area contributed by atoms with Gasteiger partial charge in [-0.25, -0.2) is 0 Å². The van der Waals surface area contributed by atoms with E-state index in [-0.39, 0.29) is 0 Å². The first-order valence-corrected chi connectivity index (χ1v) is 7.57. The Bertz CT molecular complexity index is 385. The van der Waals surface area contributed by atoms with E-state index in [2.05, 4.69) is 5.32 Å². The third-order valence-corrected chi connectivity index (χ3v) is 3.49. The maximum Gasteiger partial charge on any atom is 0.137 e. The van der Waals surface area contributed by atoms with E-state index in [1.807, 2.05) is 18.2 Å². The molecule has 1 aromatic carbocycles. The summed E-state index contributed by atoms with van der Waals surface area (Å²) in [5.41, 5.74) is 1.12. The van der Waals surface area contributed by atoms with Gasteiger partial charge in [-0.2, -0.15) is 0 Å². The largest absolute Gasteiger partial charge is 0.495 e. The van der Waals surface area contributed by atoms with Crippen LogP contribution in [0.3, 0.4) is 0 Å². The summed E-state index contributed by atoms with van der Waals surface area (Å²) in [7, 11) is 0.902. The average molecular weight is 276 g/mol. The minimum absolute atomic E-state index is 0.626. The average Bonchev–Trinajstić information content (AvgIpc) is 2.28. The molecule has 0 saturated heterocycles. The normalized spacial score (nSPS) is 12.4. The van der Waals surface area contributed by atoms with Gasteiger partial charge in [0.15, 0.2) is 0 Å². The molecule has 96 valence electrons. The van der Waals surface area contributed by atoms with E-state index in [1.54, 1.807) is 13.4 Å². The summed E-state index contributed by atoms with van der Waals surface area (Å²) in [6.45, 7) is 1.63. The molecule has 0 radical (unpaired) electrons. The van der Waals surface area contributed by atoms with Gasteiger partial charge in [-0.05, 0) is 30.7 Å². The first kappa shape index (κ1) is 14.5. The molecule has 0 fully saturated rings. The topological polar surface area (TPSA) is 38.3 Å². The van der Waals surface area contributed by atoms with E-state index >= 15 is 0 Å². The maximum absolute atomic E-state index is 10.8. The Morgan fingerprint density at radius 2 is 2.24 bits per heavy atom. The monoisotopic (exact) mass is 275 g/mol. The number of hydrogen-bond donors (Lipinski definition) is 1. The molecular formula is C12H18ClNO2S. The molecule has 0 aliphatic rings. The number of nitrogens with one attached hydrogen (secondary N) is 1. The molecule has 0 aliphatic carbocycles. The van der Waals surface area contributed by atoms with Crippen LogP contribution in [0.15, 0.2) is 18.2 Å². The lowest BCUT2D eigenvalue weighted by molar-refractivity contribution is 0.415. The fourth-order valence-corrected chi connectivity index (χ4v) is 2.28. The summed E-state index contributed by atoms with van der Waals surface area (Å²) < 4.78 is 15.9. The van der Waals surface area contributed by atoms with Crippen molar-refractivity contribution in [3.8, 4) is 5.75 Å². The molecule has 0 bridgehead atoms. The van der Waals surface area contributed by atoms with E-state index in [9.17, 15) is 4.21 Å². The zero-order chi connectivity index (χ0) is 12.7. The lowest BCUT2D eigenvalue weighted by atomic mass is 10.2. The van der Waals surface area contributed by atoms with E-state index < -0.39 is 10.8 Å². The molecule has 1 rings (SSSR count). The molecule has 0 aliphatic heterocycles. The molecule has 3 nitrogen and oxygen atoms in total. The van der Waals surface area contributed by atoms with Crippen LogP contribution in [0.5, 0.6) is 5.75 Å². The van der Waals surface area contributed by atoms with Crippen molar-refractivity contribution in [1.29, 1.82) is 0 Å². The van der Waals surface area contributed by atoms with Crippen LogP contribution < -0.4 is 10.1 Å². The predicted molar refractivity (Wildman–Crippen MR) is 73.3 cm³/mol. The van der Waals surface area contributed by atoms with Gasteiger partial charge in [-0.3, -0.25) is 4.21 Å². The molecule has 0 amide bonds. The Kier molecular flexibility index (Phi) is 6.55. The lowest BCUT2D eigenvalue weighted by Crippen LogP contribution is -2.16. The van der Waals surface area contributed by atoms with Crippen LogP contribution in [0.25, 0.3) is 0 Å². The van der Waals surface area contributed by atoms with Crippen LogP contribution in [0.4, 0.5) is 0 Å². The number of rotatable bonds is 7. The van der Waals surface area contributed by atoms with Crippen molar-refractivity contribution in [3.63, 3.8) is 0 Å². The van der Waals surface area contributed by atoms with E-state index in [1.165, 1.54) is 0 Å². The van der Waals surface area contributed by atoms with Crippen LogP contribution in [0.2, 0.25) is 5.02 Å². The Morgan fingerprint density at radius 3 is 2.82 bits per heavy atom. The molecule has 0 heterocycles. The van der Waals surface area contributed by atoms with Crippen molar-refractivity contribution in [2.75, 3.05) is 25.7 Å². The Morgan fingerprint density at radius 1 is 1.47 bits per heavy atom. The molecule has 0 aromatic heterocycles. The highest BCUT2D eigenvalue weighted by molar-refractivity contribution is 7.84. The van der Waals surface area contributed by atoms with Gasteiger partial charge >= 0.3 is 0 Å². The fourth-order valence-electron chi connectivity index (χ4n) is 1.45. The number of halogens is 1. The van der Waals surface area contributed by atoms with Crippen molar-refractivity contribution in [2.24, 2.45) is 0 Å². The van der Waals surface area contributed by atoms with Crippen molar-refractivity contribution >= 4 is 22.4 Å². The van der Waals surface area contributed by atoms with Crippen molar-refractivity contribution in [3.05, 3.63) is 28.8 Å². The fraction of sp³-hybridized carbons (Fsp3) is 0.500. The standard InChI is InChI=1S/C12H18ClNO2S/c1-16-12-5-4-10(8-11(12)13)9-14-6-3-7-17(2)15/h4-5,8,14H,3,6-7,9H2,1-2H3. The zero-order valence-electron chi connectivity index (χ0n) is 10.2. The number of benzene rings is 1. The zero-order valence-corrected chi connectivity index (χ0v) is 11.7. The smallest absolute Gasteiger partial charge is 0.137 e. The van der Waals surface area contributed by atoms with Crippen LogP contribution in [0, 0.1) is 0 Å². The Hall–Kier alpha value is -0.580. The summed E-state index contributed by atoms with van der Waals surface area (Å²) in [4.78, 5) is 0. The molecule has 0 saturated carbocycles. The number of methoxy groups -OCH3 is 1. The maximum atomic E-state index is 10.8. The second kappa shape index (κ2) is 7.69. The van der Waals surface area contributed by atoms with Crippen LogP contribution in [0.1, 0.15) is 12.0 Å². The first-order valence-electron chi connectivity index (χ1n) is 5.46. The molecular weight excluding hydrogens is 258 g/mol. The third-order valence-electron chi connectivity index (χ3n) is 2.33. The summed E-state index contributed by atoms with van der Waals surface area (Å²) in [5, 5.41) is 3.91. The second-order valence-corrected chi connectivity index (χ2v) is 5.74. The van der Waals surface area contributed by atoms with Gasteiger partial charge in [0.25, 0.3) is 0 Å². The molecule has 1 atom stereocenters. The lowest BCUT2D eigenvalue weighted by Gasteiger charge is -2.07. The summed E-state index contributed by atoms with van der Waals surface area (Å²) in [6.07, 6.45) is 2.65. The van der Waals surface area contributed by atoms with Gasteiger partial charge in [0.2, 0.25) is 0 Å². The van der Waals surface area contributed by atoms with Crippen LogP contribution in [-0.4, -0.2) is 29.9 Å². The van der Waals surface area contributed by atoms with Crippen LogP contribution in [-0.2, 0) is 17.3 Å². The van der Waals surface area contributed by atoms with Gasteiger partial charge in [-0.15, -0.1) is 0 Å². The summed E-state index contributed by atoms with van der Waals surface area (Å²) in [6, 6.07) is 5.74. The molecule has 1 unspecified atom stereocenters.